The molecule has 0 saturated carbocycles. The van der Waals surface area contributed by atoms with E-state index in [-0.39, 0.29) is 0 Å². The lowest BCUT2D eigenvalue weighted by Crippen LogP contribution is -2.18. The minimum absolute atomic E-state index is 0.395. The minimum atomic E-state index is -0.717. The van der Waals surface area contributed by atoms with E-state index in [1.165, 1.54) is 0 Å². The van der Waals surface area contributed by atoms with Crippen molar-refractivity contribution in [1.82, 2.24) is 5.43 Å². The Hall–Kier alpha value is -2.24. The average molecular weight is 206 g/mol. The number of nitrogens with one attached hydrogen (secondary N) is 2. The predicted molar refractivity (Wildman–Crippen MR) is 56.5 cm³/mol. The summed E-state index contributed by atoms with van der Waals surface area (Å²) in [7, 11) is 0. The van der Waals surface area contributed by atoms with Crippen LogP contribution in [0.2, 0.25) is 0 Å². The molecule has 1 aromatic carbocycles. The highest BCUT2D eigenvalue weighted by molar-refractivity contribution is 6.23. The molecule has 0 unspecified atom stereocenters. The van der Waals surface area contributed by atoms with Crippen LogP contribution in [0.15, 0.2) is 35.4 Å². The zero-order valence-electron chi connectivity index (χ0n) is 7.88. The van der Waals surface area contributed by atoms with Gasteiger partial charge in [-0.25, -0.2) is 5.43 Å². The molecule has 2 N–H and O–H groups in total. The van der Waals surface area contributed by atoms with Gasteiger partial charge in [-0.1, -0.05) is 30.3 Å². The Morgan fingerprint density at radius 3 is 2.73 bits per heavy atom. The zero-order valence-corrected chi connectivity index (χ0v) is 7.88. The number of amidine groups is 1. The fourth-order valence-corrected chi connectivity index (χ4v) is 0.933. The van der Waals surface area contributed by atoms with Crippen LogP contribution in [0.3, 0.4) is 0 Å². The van der Waals surface area contributed by atoms with Gasteiger partial charge in [-0.15, -0.1) is 0 Å². The lowest BCUT2D eigenvalue weighted by molar-refractivity contribution is -0.346. The van der Waals surface area contributed by atoms with E-state index in [0.717, 1.165) is 5.56 Å². The van der Waals surface area contributed by atoms with E-state index in [1.54, 1.807) is 0 Å². The summed E-state index contributed by atoms with van der Waals surface area (Å²) in [6.07, 6.45) is 0.595. The maximum atomic E-state index is 10.3. The summed E-state index contributed by atoms with van der Waals surface area (Å²) in [4.78, 5) is 9.54. The standard InChI is InChI=1S/C9H10N4O2/c10-6-9(13(14)15)12-11-7-8-4-2-1-3-5-8/h1-6,10-11H,7H2. The van der Waals surface area contributed by atoms with Crippen LogP contribution in [0.1, 0.15) is 5.56 Å². The van der Waals surface area contributed by atoms with Gasteiger partial charge in [0, 0.05) is 0 Å². The van der Waals surface area contributed by atoms with Gasteiger partial charge in [0.15, 0.2) is 0 Å². The van der Waals surface area contributed by atoms with Crippen molar-refractivity contribution in [2.24, 2.45) is 5.10 Å². The first-order valence-corrected chi connectivity index (χ1v) is 4.23. The Balaban J connectivity index is 2.51. The highest BCUT2D eigenvalue weighted by Crippen LogP contribution is 1.96. The normalized spacial score (nSPS) is 10.8. The third-order valence-electron chi connectivity index (χ3n) is 1.64. The number of nitrogens with zero attached hydrogens (tertiary/aromatic N) is 2. The topological polar surface area (TPSA) is 91.4 Å². The molecule has 15 heavy (non-hydrogen) atoms. The molecule has 0 aromatic heterocycles. The zero-order chi connectivity index (χ0) is 11.1. The molecule has 0 aliphatic heterocycles. The van der Waals surface area contributed by atoms with Gasteiger partial charge in [0.05, 0.1) is 11.6 Å². The molecule has 1 rings (SSSR count). The summed E-state index contributed by atoms with van der Waals surface area (Å²) < 4.78 is 0. The lowest BCUT2D eigenvalue weighted by atomic mass is 10.2. The number of hydrogen-bond donors (Lipinski definition) is 2. The van der Waals surface area contributed by atoms with Crippen LogP contribution >= 0.6 is 0 Å². The van der Waals surface area contributed by atoms with Crippen molar-refractivity contribution in [2.75, 3.05) is 0 Å². The number of benzene rings is 1. The van der Waals surface area contributed by atoms with Crippen molar-refractivity contribution in [3.8, 4) is 0 Å². The number of hydrazone groups is 1. The van der Waals surface area contributed by atoms with Crippen LogP contribution in [-0.2, 0) is 6.54 Å². The van der Waals surface area contributed by atoms with E-state index < -0.39 is 10.8 Å². The molecule has 6 heteroatoms. The first-order valence-electron chi connectivity index (χ1n) is 4.23. The Kier molecular flexibility index (Phi) is 3.96. The molecule has 6 nitrogen and oxygen atoms in total. The van der Waals surface area contributed by atoms with Crippen LogP contribution in [0.4, 0.5) is 0 Å². The molecular weight excluding hydrogens is 196 g/mol. The minimum Gasteiger partial charge on any atom is -0.358 e. The molecule has 0 radical (unpaired) electrons. The van der Waals surface area contributed by atoms with Crippen LogP contribution in [-0.4, -0.2) is 17.0 Å². The van der Waals surface area contributed by atoms with Gasteiger partial charge >= 0.3 is 5.84 Å². The molecule has 0 aliphatic carbocycles. The van der Waals surface area contributed by atoms with E-state index in [9.17, 15) is 10.1 Å². The van der Waals surface area contributed by atoms with Gasteiger partial charge in [0.25, 0.3) is 0 Å². The molecule has 0 aliphatic rings. The van der Waals surface area contributed by atoms with Crippen LogP contribution in [0.25, 0.3) is 0 Å². The van der Waals surface area contributed by atoms with Crippen LogP contribution in [0, 0.1) is 15.5 Å². The Bertz CT molecular complexity index is 375. The van der Waals surface area contributed by atoms with Gasteiger partial charge in [0.1, 0.15) is 6.21 Å². The molecule has 0 bridgehead atoms. The Labute approximate surface area is 86.3 Å². The van der Waals surface area contributed by atoms with Crippen molar-refractivity contribution in [3.05, 3.63) is 46.0 Å². The van der Waals surface area contributed by atoms with E-state index >= 15 is 0 Å². The van der Waals surface area contributed by atoms with Crippen molar-refractivity contribution in [1.29, 1.82) is 5.41 Å². The molecule has 1 aromatic rings. The van der Waals surface area contributed by atoms with Gasteiger partial charge in [-0.05, 0) is 10.5 Å². The van der Waals surface area contributed by atoms with Crippen molar-refractivity contribution >= 4 is 12.1 Å². The monoisotopic (exact) mass is 206 g/mol. The van der Waals surface area contributed by atoms with Gasteiger partial charge in [-0.3, -0.25) is 0 Å². The van der Waals surface area contributed by atoms with Crippen molar-refractivity contribution in [2.45, 2.75) is 6.54 Å². The molecule has 0 heterocycles. The average Bonchev–Trinajstić information content (AvgIpc) is 2.25. The third-order valence-corrected chi connectivity index (χ3v) is 1.64. The number of hydrogen-bond acceptors (Lipinski definition) is 5. The highest BCUT2D eigenvalue weighted by Gasteiger charge is 2.06. The van der Waals surface area contributed by atoms with Crippen LogP contribution < -0.4 is 5.43 Å². The van der Waals surface area contributed by atoms with Gasteiger partial charge in [0.2, 0.25) is 0 Å². The molecule has 0 spiro atoms. The first-order chi connectivity index (χ1) is 7.24. The lowest BCUT2D eigenvalue weighted by Gasteiger charge is -1.96. The second-order valence-electron chi connectivity index (χ2n) is 2.69. The SMILES string of the molecule is N=CC(=NNCc1ccccc1)[N+](=O)[O-]. The second kappa shape index (κ2) is 5.48. The maximum Gasteiger partial charge on any atom is 0.405 e. The summed E-state index contributed by atoms with van der Waals surface area (Å²) in [5, 5.41) is 20.5. The Morgan fingerprint density at radius 1 is 1.53 bits per heavy atom. The summed E-state index contributed by atoms with van der Waals surface area (Å²) >= 11 is 0. The van der Waals surface area contributed by atoms with Crippen molar-refractivity contribution in [3.63, 3.8) is 0 Å². The number of rotatable bonds is 4. The molecule has 0 fully saturated rings. The fraction of sp³-hybridized carbons (Fsp3) is 0.111. The van der Waals surface area contributed by atoms with E-state index in [2.05, 4.69) is 10.5 Å². The molecule has 0 amide bonds. The van der Waals surface area contributed by atoms with Gasteiger partial charge < -0.3 is 15.5 Å². The molecule has 0 saturated heterocycles. The Morgan fingerprint density at radius 2 is 2.20 bits per heavy atom. The maximum absolute atomic E-state index is 10.3. The highest BCUT2D eigenvalue weighted by atomic mass is 16.6. The molecular formula is C9H10N4O2. The molecule has 0 atom stereocenters. The van der Waals surface area contributed by atoms with E-state index in [0.29, 0.717) is 12.8 Å². The summed E-state index contributed by atoms with van der Waals surface area (Å²) in [5.41, 5.74) is 3.50. The summed E-state index contributed by atoms with van der Waals surface area (Å²) in [5.74, 6) is -0.508. The molecule has 78 valence electrons. The smallest absolute Gasteiger partial charge is 0.358 e. The third kappa shape index (κ3) is 3.55. The van der Waals surface area contributed by atoms with E-state index in [1.807, 2.05) is 30.3 Å². The van der Waals surface area contributed by atoms with Crippen molar-refractivity contribution < 1.29 is 4.92 Å². The first kappa shape index (κ1) is 10.8. The van der Waals surface area contributed by atoms with E-state index in [4.69, 9.17) is 5.41 Å². The predicted octanol–water partition coefficient (Wildman–Crippen LogP) is 1.02. The largest absolute Gasteiger partial charge is 0.405 e. The number of nitro groups is 1. The van der Waals surface area contributed by atoms with Gasteiger partial charge in [-0.2, -0.15) is 0 Å². The quantitative estimate of drug-likeness (QED) is 0.333. The fourth-order valence-electron chi connectivity index (χ4n) is 0.933. The second-order valence-corrected chi connectivity index (χ2v) is 2.69. The van der Waals surface area contributed by atoms with Crippen LogP contribution in [0.5, 0.6) is 0 Å². The summed E-state index contributed by atoms with van der Waals surface area (Å²) in [6.45, 7) is 0.395. The summed E-state index contributed by atoms with van der Waals surface area (Å²) in [6, 6.07) is 9.36.